The van der Waals surface area contributed by atoms with Gasteiger partial charge >= 0.3 is 0 Å². The molecule has 10 nitrogen and oxygen atoms in total. The molecule has 0 aliphatic carbocycles. The number of hydrogen-bond donors (Lipinski definition) is 4. The zero-order valence-corrected chi connectivity index (χ0v) is 34.2. The van der Waals surface area contributed by atoms with Crippen molar-refractivity contribution < 1.29 is 38.7 Å². The Kier molecular flexibility index (Phi) is 12.7. The average molecular weight is 755 g/mol. The molecule has 0 unspecified atom stereocenters. The summed E-state index contributed by atoms with van der Waals surface area (Å²) in [7, 11) is 6.07. The molecule has 296 valence electrons. The highest BCUT2D eigenvalue weighted by atomic mass is 16.5. The van der Waals surface area contributed by atoms with Crippen LogP contribution in [-0.2, 0) is 20.8 Å². The number of methoxy groups -OCH3 is 4. The molecular weight excluding hydrogens is 697 g/mol. The largest absolute Gasteiger partial charge is 0.496 e. The number of amides is 2. The van der Waals surface area contributed by atoms with Gasteiger partial charge in [0.15, 0.2) is 0 Å². The minimum Gasteiger partial charge on any atom is -0.496 e. The predicted molar refractivity (Wildman–Crippen MR) is 215 cm³/mol. The van der Waals surface area contributed by atoms with E-state index in [1.54, 1.807) is 97.1 Å². The van der Waals surface area contributed by atoms with E-state index in [4.69, 9.17) is 18.9 Å². The van der Waals surface area contributed by atoms with Crippen LogP contribution in [0.5, 0.6) is 23.0 Å². The van der Waals surface area contributed by atoms with E-state index in [2.05, 4.69) is 10.6 Å². The number of carbonyl (C=O) groups excluding carboxylic acids is 2. The Morgan fingerprint density at radius 3 is 0.873 bits per heavy atom. The van der Waals surface area contributed by atoms with Gasteiger partial charge in [0.2, 0.25) is 11.8 Å². The number of hydrogen-bond acceptors (Lipinski definition) is 8. The molecule has 0 saturated heterocycles. The topological polar surface area (TPSA) is 136 Å². The van der Waals surface area contributed by atoms with E-state index in [-0.39, 0.29) is 0 Å². The number of rotatable bonds is 14. The van der Waals surface area contributed by atoms with Gasteiger partial charge in [-0.05, 0) is 48.9 Å². The Morgan fingerprint density at radius 2 is 0.673 bits per heavy atom. The first-order valence-corrected chi connectivity index (χ1v) is 18.3. The second-order valence-corrected chi connectivity index (χ2v) is 16.5. The number of para-hydroxylation sites is 4. The highest BCUT2D eigenvalue weighted by molar-refractivity contribution is 6.04. The second-order valence-electron chi connectivity index (χ2n) is 16.5. The molecule has 0 heterocycles. The van der Waals surface area contributed by atoms with Gasteiger partial charge in [-0.1, -0.05) is 114 Å². The van der Waals surface area contributed by atoms with Gasteiger partial charge in [-0.2, -0.15) is 0 Å². The maximum atomic E-state index is 14.8. The lowest BCUT2D eigenvalue weighted by Crippen LogP contribution is -2.64. The molecule has 0 fully saturated rings. The van der Waals surface area contributed by atoms with Crippen LogP contribution in [0.4, 0.5) is 0 Å². The Labute approximate surface area is 326 Å². The first-order valence-electron chi connectivity index (χ1n) is 18.3. The van der Waals surface area contributed by atoms with Gasteiger partial charge in [-0.3, -0.25) is 9.59 Å². The fraction of sp³-hybridized carbons (Fsp3) is 0.422. The zero-order chi connectivity index (χ0) is 41.0. The Bertz CT molecular complexity index is 1720. The summed E-state index contributed by atoms with van der Waals surface area (Å²) in [6.45, 7) is 14.4. The molecule has 4 rings (SSSR count). The van der Waals surface area contributed by atoms with E-state index in [0.717, 1.165) is 0 Å². The van der Waals surface area contributed by atoms with Gasteiger partial charge in [0.05, 0.1) is 40.5 Å². The minimum absolute atomic E-state index is 0.399. The lowest BCUT2D eigenvalue weighted by molar-refractivity contribution is -0.146. The number of aliphatic hydroxyl groups is 2. The summed E-state index contributed by atoms with van der Waals surface area (Å²) in [5.74, 6) is 0.290. The fourth-order valence-corrected chi connectivity index (χ4v) is 7.37. The highest BCUT2D eigenvalue weighted by Gasteiger charge is 2.54. The second kappa shape index (κ2) is 16.4. The molecule has 4 N–H and O–H groups in total. The molecule has 0 saturated carbocycles. The third kappa shape index (κ3) is 8.16. The van der Waals surface area contributed by atoms with Gasteiger partial charge < -0.3 is 39.8 Å². The summed E-state index contributed by atoms with van der Waals surface area (Å²) in [5.41, 5.74) is -5.58. The van der Waals surface area contributed by atoms with Crippen LogP contribution in [0.3, 0.4) is 0 Å². The first kappa shape index (κ1) is 42.7. The average Bonchev–Trinajstić information content (AvgIpc) is 3.17. The molecule has 0 bridgehead atoms. The third-order valence-electron chi connectivity index (χ3n) is 10.3. The van der Waals surface area contributed by atoms with Crippen LogP contribution in [0.1, 0.15) is 77.6 Å². The summed E-state index contributed by atoms with van der Waals surface area (Å²) in [5, 5.41) is 32.6. The van der Waals surface area contributed by atoms with Crippen LogP contribution >= 0.6 is 0 Å². The molecule has 0 aromatic heterocycles. The molecule has 4 aromatic carbocycles. The van der Waals surface area contributed by atoms with Crippen LogP contribution in [0.25, 0.3) is 0 Å². The first-order chi connectivity index (χ1) is 25.7. The van der Waals surface area contributed by atoms with Gasteiger partial charge in [0.1, 0.15) is 39.6 Å². The van der Waals surface area contributed by atoms with Crippen molar-refractivity contribution in [1.82, 2.24) is 10.6 Å². The SMILES string of the molecule is COc1ccccc1C(O)(c1ccccc1OC)[C@H](NC(=O)C(C)(C)C(=O)N[C@H](C(C)(C)C)C(O)(c1ccccc1OC)c1ccccc1OC)C(C)(C)C. The van der Waals surface area contributed by atoms with E-state index >= 15 is 0 Å². The number of carbonyl (C=O) groups is 2. The van der Waals surface area contributed by atoms with Crippen molar-refractivity contribution in [3.05, 3.63) is 119 Å². The molecule has 0 aliphatic heterocycles. The quantitative estimate of drug-likeness (QED) is 0.101. The van der Waals surface area contributed by atoms with Crippen LogP contribution in [-0.4, -0.2) is 62.6 Å². The number of ether oxygens (including phenoxy) is 4. The fourth-order valence-electron chi connectivity index (χ4n) is 7.37. The molecule has 0 aliphatic rings. The van der Waals surface area contributed by atoms with Crippen molar-refractivity contribution >= 4 is 11.8 Å². The molecule has 2 atom stereocenters. The number of nitrogens with one attached hydrogen (secondary N) is 2. The molecule has 10 heteroatoms. The van der Waals surface area contributed by atoms with E-state index in [1.807, 2.05) is 41.5 Å². The van der Waals surface area contributed by atoms with Crippen molar-refractivity contribution in [1.29, 1.82) is 0 Å². The smallest absolute Gasteiger partial charge is 0.235 e. The van der Waals surface area contributed by atoms with Gasteiger partial charge in [-0.15, -0.1) is 0 Å². The molecule has 55 heavy (non-hydrogen) atoms. The molecule has 2 amide bonds. The monoisotopic (exact) mass is 754 g/mol. The van der Waals surface area contributed by atoms with E-state index < -0.39 is 51.3 Å². The summed E-state index contributed by atoms with van der Waals surface area (Å²) < 4.78 is 23.0. The van der Waals surface area contributed by atoms with Crippen molar-refractivity contribution in [2.75, 3.05) is 28.4 Å². The standard InChI is InChI=1S/C45H58N2O8/c1-41(2,3)37(44(50,29-21-13-17-25-33(29)52-9)30-22-14-18-26-34(30)53-10)46-39(48)43(7,8)40(49)47-38(42(4,5)6)45(51,31-23-15-19-27-35(31)54-11)32-24-16-20-28-36(32)55-12/h13-28,37-38,50-51H,1-12H3,(H,46,48)(H,47,49)/t37-,38-/m1/s1. The molecular formula is C45H58N2O8. The summed E-state index contributed by atoms with van der Waals surface area (Å²) in [6, 6.07) is 26.2. The van der Waals surface area contributed by atoms with Crippen LogP contribution in [0, 0.1) is 16.2 Å². The lowest BCUT2D eigenvalue weighted by atomic mass is 9.68. The summed E-state index contributed by atoms with van der Waals surface area (Å²) in [4.78, 5) is 29.5. The van der Waals surface area contributed by atoms with Crippen molar-refractivity contribution in [3.8, 4) is 23.0 Å². The predicted octanol–water partition coefficient (Wildman–Crippen LogP) is 6.98. The minimum atomic E-state index is -1.92. The van der Waals surface area contributed by atoms with Gasteiger partial charge in [-0.25, -0.2) is 0 Å². The lowest BCUT2D eigenvalue weighted by Gasteiger charge is -2.47. The van der Waals surface area contributed by atoms with Crippen molar-refractivity contribution in [2.45, 2.75) is 78.7 Å². The van der Waals surface area contributed by atoms with E-state index in [0.29, 0.717) is 45.3 Å². The van der Waals surface area contributed by atoms with Crippen molar-refractivity contribution in [3.63, 3.8) is 0 Å². The van der Waals surface area contributed by atoms with Gasteiger partial charge in [0.25, 0.3) is 0 Å². The van der Waals surface area contributed by atoms with E-state index in [1.165, 1.54) is 42.3 Å². The van der Waals surface area contributed by atoms with E-state index in [9.17, 15) is 19.8 Å². The maximum absolute atomic E-state index is 14.8. The highest BCUT2D eigenvalue weighted by Crippen LogP contribution is 2.49. The Balaban J connectivity index is 1.87. The zero-order valence-electron chi connectivity index (χ0n) is 34.2. The van der Waals surface area contributed by atoms with Gasteiger partial charge in [0, 0.05) is 22.3 Å². The Morgan fingerprint density at radius 1 is 0.455 bits per heavy atom. The molecule has 0 spiro atoms. The maximum Gasteiger partial charge on any atom is 0.235 e. The summed E-state index contributed by atoms with van der Waals surface area (Å²) in [6.07, 6.45) is 0. The Hall–Kier alpha value is -5.06. The third-order valence-corrected chi connectivity index (χ3v) is 10.3. The van der Waals surface area contributed by atoms with Crippen molar-refractivity contribution in [2.24, 2.45) is 16.2 Å². The van der Waals surface area contributed by atoms with Crippen LogP contribution in [0.2, 0.25) is 0 Å². The van der Waals surface area contributed by atoms with Crippen LogP contribution < -0.4 is 29.6 Å². The van der Waals surface area contributed by atoms with Crippen LogP contribution in [0.15, 0.2) is 97.1 Å². The summed E-state index contributed by atoms with van der Waals surface area (Å²) >= 11 is 0. The number of benzene rings is 4. The molecule has 4 aromatic rings. The normalized spacial score (nSPS) is 13.6. The molecule has 0 radical (unpaired) electrons.